The molecule has 0 aliphatic heterocycles. The molecule has 0 heterocycles. The Labute approximate surface area is 66.4 Å². The van der Waals surface area contributed by atoms with Gasteiger partial charge in [-0.2, -0.15) is 8.42 Å². The Morgan fingerprint density at radius 3 is 1.91 bits per heavy atom. The van der Waals surface area contributed by atoms with Crippen LogP contribution in [0.5, 0.6) is 0 Å². The molecule has 3 nitrogen and oxygen atoms in total. The first kappa shape index (κ1) is 10.8. The number of hydrogen-bond donors (Lipinski definition) is 1. The Morgan fingerprint density at radius 2 is 1.82 bits per heavy atom. The maximum Gasteiger partial charge on any atom is 0.304 e. The third-order valence-corrected chi connectivity index (χ3v) is 2.07. The molecule has 1 unspecified atom stereocenters. The standard InChI is InChI=1S/C6H13FO3S/c1-6(2,3)5(8)4-11(7,9)10/h5,8H,4H2,1-3H3. The first-order valence-electron chi connectivity index (χ1n) is 3.23. The van der Waals surface area contributed by atoms with Gasteiger partial charge in [-0.05, 0) is 5.41 Å². The molecular formula is C6H13FO3S. The van der Waals surface area contributed by atoms with E-state index >= 15 is 0 Å². The van der Waals surface area contributed by atoms with Crippen LogP contribution >= 0.6 is 0 Å². The summed E-state index contributed by atoms with van der Waals surface area (Å²) in [4.78, 5) is 0. The fourth-order valence-electron chi connectivity index (χ4n) is 0.439. The summed E-state index contributed by atoms with van der Waals surface area (Å²) in [6, 6.07) is 0. The van der Waals surface area contributed by atoms with Crippen molar-refractivity contribution in [1.82, 2.24) is 0 Å². The van der Waals surface area contributed by atoms with Gasteiger partial charge in [0.25, 0.3) is 0 Å². The van der Waals surface area contributed by atoms with E-state index in [1.807, 2.05) is 0 Å². The number of halogens is 1. The molecule has 0 aromatic heterocycles. The average Bonchev–Trinajstić information content (AvgIpc) is 1.56. The third-order valence-electron chi connectivity index (χ3n) is 1.36. The van der Waals surface area contributed by atoms with Gasteiger partial charge in [-0.1, -0.05) is 20.8 Å². The molecule has 0 aromatic rings. The van der Waals surface area contributed by atoms with Crippen LogP contribution in [0.15, 0.2) is 0 Å². The van der Waals surface area contributed by atoms with Gasteiger partial charge >= 0.3 is 10.2 Å². The Hall–Kier alpha value is -0.160. The zero-order chi connectivity index (χ0) is 9.28. The molecule has 0 aliphatic carbocycles. The lowest BCUT2D eigenvalue weighted by atomic mass is 9.90. The summed E-state index contributed by atoms with van der Waals surface area (Å²) in [7, 11) is -4.56. The Bertz CT molecular complexity index is 214. The number of aliphatic hydroxyl groups excluding tert-OH is 1. The first-order valence-corrected chi connectivity index (χ1v) is 4.78. The molecule has 68 valence electrons. The molecule has 11 heavy (non-hydrogen) atoms. The summed E-state index contributed by atoms with van der Waals surface area (Å²) in [5.41, 5.74) is -0.598. The van der Waals surface area contributed by atoms with Crippen molar-refractivity contribution in [2.24, 2.45) is 5.41 Å². The van der Waals surface area contributed by atoms with Crippen LogP contribution in [0, 0.1) is 5.41 Å². The highest BCUT2D eigenvalue weighted by molar-refractivity contribution is 7.86. The summed E-state index contributed by atoms with van der Waals surface area (Å²) in [5, 5.41) is 9.10. The van der Waals surface area contributed by atoms with Crippen molar-refractivity contribution >= 4 is 10.2 Å². The van der Waals surface area contributed by atoms with E-state index in [0.717, 1.165) is 0 Å². The van der Waals surface area contributed by atoms with E-state index in [0.29, 0.717) is 0 Å². The molecule has 1 atom stereocenters. The van der Waals surface area contributed by atoms with Crippen molar-refractivity contribution in [1.29, 1.82) is 0 Å². The van der Waals surface area contributed by atoms with Crippen LogP contribution in [-0.4, -0.2) is 25.4 Å². The highest BCUT2D eigenvalue weighted by Crippen LogP contribution is 2.20. The molecule has 0 aliphatic rings. The van der Waals surface area contributed by atoms with E-state index in [1.54, 1.807) is 20.8 Å². The van der Waals surface area contributed by atoms with Gasteiger partial charge in [0.2, 0.25) is 0 Å². The summed E-state index contributed by atoms with van der Waals surface area (Å²) in [6.45, 7) is 4.93. The minimum absolute atomic E-state index is 0.598. The number of rotatable bonds is 2. The fraction of sp³-hybridized carbons (Fsp3) is 1.00. The van der Waals surface area contributed by atoms with Crippen LogP contribution in [0.3, 0.4) is 0 Å². The lowest BCUT2D eigenvalue weighted by molar-refractivity contribution is 0.0819. The second kappa shape index (κ2) is 3.06. The zero-order valence-corrected chi connectivity index (χ0v) is 7.65. The molecule has 0 radical (unpaired) electrons. The highest BCUT2D eigenvalue weighted by atomic mass is 32.3. The highest BCUT2D eigenvalue weighted by Gasteiger charge is 2.27. The van der Waals surface area contributed by atoms with Gasteiger partial charge in [-0.3, -0.25) is 0 Å². The van der Waals surface area contributed by atoms with Crippen molar-refractivity contribution in [3.05, 3.63) is 0 Å². The predicted molar refractivity (Wildman–Crippen MR) is 40.4 cm³/mol. The van der Waals surface area contributed by atoms with Crippen molar-refractivity contribution in [2.45, 2.75) is 26.9 Å². The Morgan fingerprint density at radius 1 is 1.45 bits per heavy atom. The smallest absolute Gasteiger partial charge is 0.304 e. The zero-order valence-electron chi connectivity index (χ0n) is 6.83. The first-order chi connectivity index (χ1) is 4.63. The van der Waals surface area contributed by atoms with E-state index in [2.05, 4.69) is 0 Å². The molecule has 5 heteroatoms. The second-order valence-electron chi connectivity index (χ2n) is 3.59. The molecule has 0 aromatic carbocycles. The third kappa shape index (κ3) is 5.15. The average molecular weight is 184 g/mol. The van der Waals surface area contributed by atoms with Crippen LogP contribution in [0.1, 0.15) is 20.8 Å². The predicted octanol–water partition coefficient (Wildman–Crippen LogP) is 0.693. The summed E-state index contributed by atoms with van der Waals surface area (Å²) in [6.07, 6.45) is -1.16. The fourth-order valence-corrected chi connectivity index (χ4v) is 1.32. The van der Waals surface area contributed by atoms with E-state index in [-0.39, 0.29) is 0 Å². The summed E-state index contributed by atoms with van der Waals surface area (Å²) < 4.78 is 32.1. The van der Waals surface area contributed by atoms with Crippen molar-refractivity contribution in [3.8, 4) is 0 Å². The van der Waals surface area contributed by atoms with Crippen molar-refractivity contribution < 1.29 is 17.4 Å². The van der Waals surface area contributed by atoms with Crippen LogP contribution in [0.4, 0.5) is 3.89 Å². The van der Waals surface area contributed by atoms with E-state index in [4.69, 9.17) is 5.11 Å². The summed E-state index contributed by atoms with van der Waals surface area (Å²) in [5.74, 6) is -0.823. The van der Waals surface area contributed by atoms with Gasteiger partial charge < -0.3 is 5.11 Å². The second-order valence-corrected chi connectivity index (χ2v) is 5.00. The normalized spacial score (nSPS) is 16.5. The number of hydrogen-bond acceptors (Lipinski definition) is 3. The summed E-state index contributed by atoms with van der Waals surface area (Å²) >= 11 is 0. The van der Waals surface area contributed by atoms with E-state index in [1.165, 1.54) is 0 Å². The minimum Gasteiger partial charge on any atom is -0.391 e. The van der Waals surface area contributed by atoms with Crippen LogP contribution in [0.2, 0.25) is 0 Å². The Balaban J connectivity index is 4.21. The maximum absolute atomic E-state index is 12.0. The topological polar surface area (TPSA) is 54.4 Å². The van der Waals surface area contributed by atoms with Crippen LogP contribution in [0.25, 0.3) is 0 Å². The Kier molecular flexibility index (Phi) is 3.02. The molecule has 0 amide bonds. The van der Waals surface area contributed by atoms with Gasteiger partial charge in [0.05, 0.1) is 6.10 Å². The van der Waals surface area contributed by atoms with Crippen LogP contribution in [-0.2, 0) is 10.2 Å². The monoisotopic (exact) mass is 184 g/mol. The van der Waals surface area contributed by atoms with Gasteiger partial charge in [0, 0.05) is 0 Å². The quantitative estimate of drug-likeness (QED) is 0.642. The molecular weight excluding hydrogens is 171 g/mol. The van der Waals surface area contributed by atoms with Gasteiger partial charge in [-0.25, -0.2) is 0 Å². The van der Waals surface area contributed by atoms with E-state index in [9.17, 15) is 12.3 Å². The van der Waals surface area contributed by atoms with Crippen molar-refractivity contribution in [2.75, 3.05) is 5.75 Å². The van der Waals surface area contributed by atoms with Gasteiger partial charge in [0.1, 0.15) is 5.75 Å². The largest absolute Gasteiger partial charge is 0.391 e. The van der Waals surface area contributed by atoms with E-state index < -0.39 is 27.5 Å². The number of aliphatic hydroxyl groups is 1. The molecule has 1 N–H and O–H groups in total. The molecule has 0 saturated carbocycles. The molecule has 0 spiro atoms. The SMILES string of the molecule is CC(C)(C)C(O)CS(=O)(=O)F. The van der Waals surface area contributed by atoms with Gasteiger partial charge in [-0.15, -0.1) is 3.89 Å². The maximum atomic E-state index is 12.0. The lowest BCUT2D eigenvalue weighted by Crippen LogP contribution is -2.31. The van der Waals surface area contributed by atoms with Crippen LogP contribution < -0.4 is 0 Å². The lowest BCUT2D eigenvalue weighted by Gasteiger charge is -2.23. The molecule has 0 rings (SSSR count). The minimum atomic E-state index is -4.56. The van der Waals surface area contributed by atoms with Crippen molar-refractivity contribution in [3.63, 3.8) is 0 Å². The molecule has 0 fully saturated rings. The molecule has 0 saturated heterocycles. The molecule has 0 bridgehead atoms. The van der Waals surface area contributed by atoms with Gasteiger partial charge in [0.15, 0.2) is 0 Å².